The average Bonchev–Trinajstić information content (AvgIpc) is 2.89. The quantitative estimate of drug-likeness (QED) is 0.736. The van der Waals surface area contributed by atoms with E-state index in [4.69, 9.17) is 4.74 Å². The molecule has 0 aliphatic rings. The van der Waals surface area contributed by atoms with E-state index in [-0.39, 0.29) is 0 Å². The van der Waals surface area contributed by atoms with Crippen LogP contribution in [0.3, 0.4) is 0 Å². The fourth-order valence-electron chi connectivity index (χ4n) is 1.83. The van der Waals surface area contributed by atoms with E-state index in [0.717, 1.165) is 20.8 Å². The van der Waals surface area contributed by atoms with Gasteiger partial charge in [-0.3, -0.25) is 0 Å². The summed E-state index contributed by atoms with van der Waals surface area (Å²) in [6, 6.07) is 15.1. The predicted octanol–water partition coefficient (Wildman–Crippen LogP) is 2.09. The minimum absolute atomic E-state index is 0.444. The number of benzene rings is 2. The molecule has 5 heteroatoms. The number of aromatic nitrogens is 1. The highest BCUT2D eigenvalue weighted by Gasteiger charge is 2.05. The Hall–Kier alpha value is -2.40. The van der Waals surface area contributed by atoms with Crippen molar-refractivity contribution in [3.05, 3.63) is 48.5 Å². The molecule has 0 fully saturated rings. The Morgan fingerprint density at radius 3 is 2.60 bits per heavy atom. The van der Waals surface area contributed by atoms with Gasteiger partial charge in [0, 0.05) is 5.56 Å². The second-order valence-corrected chi connectivity index (χ2v) is 5.20. The van der Waals surface area contributed by atoms with E-state index in [0.29, 0.717) is 5.75 Å². The van der Waals surface area contributed by atoms with E-state index >= 15 is 0 Å². The van der Waals surface area contributed by atoms with E-state index < -0.39 is 12.6 Å². The van der Waals surface area contributed by atoms with Crippen LogP contribution in [0.4, 0.5) is 0 Å². The average molecular weight is 284 g/mol. The van der Waals surface area contributed by atoms with Gasteiger partial charge in [-0.05, 0) is 36.4 Å². The number of carbonyl (C=O) groups is 1. The fourth-order valence-corrected chi connectivity index (χ4v) is 2.80. The van der Waals surface area contributed by atoms with Gasteiger partial charge in [0.2, 0.25) is 0 Å². The SMILES string of the molecule is O=C([O-])COc1ccc(-c2nc3ccccc3s2)cc1. The second-order valence-electron chi connectivity index (χ2n) is 4.17. The van der Waals surface area contributed by atoms with Gasteiger partial charge in [-0.15, -0.1) is 11.3 Å². The summed E-state index contributed by atoms with van der Waals surface area (Å²) >= 11 is 1.62. The molecule has 3 aromatic rings. The van der Waals surface area contributed by atoms with Crippen LogP contribution in [0.2, 0.25) is 0 Å². The van der Waals surface area contributed by atoms with Crippen LogP contribution >= 0.6 is 11.3 Å². The molecule has 0 atom stereocenters. The van der Waals surface area contributed by atoms with Crippen molar-refractivity contribution in [2.75, 3.05) is 6.61 Å². The highest BCUT2D eigenvalue weighted by atomic mass is 32.1. The summed E-state index contributed by atoms with van der Waals surface area (Å²) in [6.07, 6.45) is 0. The van der Waals surface area contributed by atoms with E-state index in [9.17, 15) is 9.90 Å². The molecule has 1 aromatic heterocycles. The molecule has 100 valence electrons. The van der Waals surface area contributed by atoms with Crippen LogP contribution in [0, 0.1) is 0 Å². The van der Waals surface area contributed by atoms with Crippen LogP contribution in [0.15, 0.2) is 48.5 Å². The zero-order valence-corrected chi connectivity index (χ0v) is 11.2. The van der Waals surface area contributed by atoms with Gasteiger partial charge < -0.3 is 14.6 Å². The van der Waals surface area contributed by atoms with Gasteiger partial charge in [0.15, 0.2) is 0 Å². The first kappa shape index (κ1) is 12.6. The number of nitrogens with zero attached hydrogens (tertiary/aromatic N) is 1. The zero-order valence-electron chi connectivity index (χ0n) is 10.4. The summed E-state index contributed by atoms with van der Waals surface area (Å²) in [4.78, 5) is 14.9. The molecule has 0 N–H and O–H groups in total. The first-order chi connectivity index (χ1) is 9.72. The maximum Gasteiger partial charge on any atom is 0.128 e. The number of fused-ring (bicyclic) bond motifs is 1. The van der Waals surface area contributed by atoms with Crippen molar-refractivity contribution in [2.45, 2.75) is 0 Å². The van der Waals surface area contributed by atoms with Crippen molar-refractivity contribution < 1.29 is 14.6 Å². The van der Waals surface area contributed by atoms with Gasteiger partial charge in [0.25, 0.3) is 0 Å². The minimum Gasteiger partial charge on any atom is -0.546 e. The Morgan fingerprint density at radius 2 is 1.90 bits per heavy atom. The predicted molar refractivity (Wildman–Crippen MR) is 75.6 cm³/mol. The number of carbonyl (C=O) groups excluding carboxylic acids is 1. The topological polar surface area (TPSA) is 62.2 Å². The van der Waals surface area contributed by atoms with Gasteiger partial charge in [0.05, 0.1) is 16.2 Å². The Labute approximate surface area is 119 Å². The lowest BCUT2D eigenvalue weighted by molar-refractivity contribution is -0.307. The van der Waals surface area contributed by atoms with Crippen LogP contribution in [-0.2, 0) is 4.79 Å². The molecule has 0 saturated carbocycles. The van der Waals surface area contributed by atoms with Crippen LogP contribution in [0.25, 0.3) is 20.8 Å². The number of carboxylic acid groups (broad SMARTS) is 1. The van der Waals surface area contributed by atoms with Crippen LogP contribution in [0.5, 0.6) is 5.75 Å². The molecular weight excluding hydrogens is 274 g/mol. The number of para-hydroxylation sites is 1. The van der Waals surface area contributed by atoms with E-state index in [1.165, 1.54) is 0 Å². The molecule has 2 aromatic carbocycles. The monoisotopic (exact) mass is 284 g/mol. The smallest absolute Gasteiger partial charge is 0.128 e. The van der Waals surface area contributed by atoms with Gasteiger partial charge in [-0.25, -0.2) is 4.98 Å². The summed E-state index contributed by atoms with van der Waals surface area (Å²) in [5.74, 6) is -0.737. The van der Waals surface area contributed by atoms with Crippen LogP contribution < -0.4 is 9.84 Å². The number of thiazole rings is 1. The number of aliphatic carboxylic acids is 1. The lowest BCUT2D eigenvalue weighted by Gasteiger charge is -2.06. The first-order valence-corrected chi connectivity index (χ1v) is 6.83. The minimum atomic E-state index is -1.24. The van der Waals surface area contributed by atoms with Gasteiger partial charge in [-0.1, -0.05) is 12.1 Å². The van der Waals surface area contributed by atoms with E-state index in [1.54, 1.807) is 23.5 Å². The first-order valence-electron chi connectivity index (χ1n) is 6.01. The molecule has 0 aliphatic carbocycles. The molecule has 0 radical (unpaired) electrons. The zero-order chi connectivity index (χ0) is 13.9. The number of ether oxygens (including phenoxy) is 1. The molecule has 0 aliphatic heterocycles. The third-order valence-corrected chi connectivity index (χ3v) is 3.84. The maximum absolute atomic E-state index is 10.3. The lowest BCUT2D eigenvalue weighted by atomic mass is 10.2. The molecule has 3 rings (SSSR count). The summed E-state index contributed by atoms with van der Waals surface area (Å²) in [5.41, 5.74) is 1.96. The fraction of sp³-hybridized carbons (Fsp3) is 0.0667. The largest absolute Gasteiger partial charge is 0.546 e. The second kappa shape index (κ2) is 5.30. The Balaban J connectivity index is 1.85. The van der Waals surface area contributed by atoms with E-state index in [2.05, 4.69) is 4.98 Å². The lowest BCUT2D eigenvalue weighted by Crippen LogP contribution is -2.28. The van der Waals surface area contributed by atoms with Crippen LogP contribution in [-0.4, -0.2) is 17.6 Å². The summed E-state index contributed by atoms with van der Waals surface area (Å²) in [5, 5.41) is 11.2. The van der Waals surface area contributed by atoms with Crippen molar-refractivity contribution in [3.8, 4) is 16.3 Å². The highest BCUT2D eigenvalue weighted by molar-refractivity contribution is 7.21. The molecule has 1 heterocycles. The van der Waals surface area contributed by atoms with Crippen molar-refractivity contribution >= 4 is 27.5 Å². The molecule has 0 amide bonds. The molecule has 0 bridgehead atoms. The number of rotatable bonds is 4. The van der Waals surface area contributed by atoms with Crippen molar-refractivity contribution in [1.82, 2.24) is 4.98 Å². The third-order valence-electron chi connectivity index (χ3n) is 2.75. The molecule has 0 saturated heterocycles. The summed E-state index contributed by atoms with van der Waals surface area (Å²) in [6.45, 7) is -0.444. The Morgan fingerprint density at radius 1 is 1.15 bits per heavy atom. The van der Waals surface area contributed by atoms with Gasteiger partial charge >= 0.3 is 0 Å². The number of hydrogen-bond donors (Lipinski definition) is 0. The molecule has 20 heavy (non-hydrogen) atoms. The molecule has 0 unspecified atom stereocenters. The van der Waals surface area contributed by atoms with Gasteiger partial charge in [0.1, 0.15) is 17.4 Å². The Bertz CT molecular complexity index is 716. The normalized spacial score (nSPS) is 10.6. The Kier molecular flexibility index (Phi) is 3.35. The standard InChI is InChI=1S/C15H11NO3S/c17-14(18)9-19-11-7-5-10(6-8-11)15-16-12-3-1-2-4-13(12)20-15/h1-8H,9H2,(H,17,18)/p-1. The van der Waals surface area contributed by atoms with Crippen LogP contribution in [0.1, 0.15) is 0 Å². The third kappa shape index (κ3) is 2.62. The van der Waals surface area contributed by atoms with E-state index in [1.807, 2.05) is 36.4 Å². The molecule has 0 spiro atoms. The molecular formula is C15H10NO3S-. The van der Waals surface area contributed by atoms with Gasteiger partial charge in [-0.2, -0.15) is 0 Å². The number of hydrogen-bond acceptors (Lipinski definition) is 5. The number of carboxylic acids is 1. The van der Waals surface area contributed by atoms with Crippen molar-refractivity contribution in [2.24, 2.45) is 0 Å². The summed E-state index contributed by atoms with van der Waals surface area (Å²) < 4.78 is 6.18. The highest BCUT2D eigenvalue weighted by Crippen LogP contribution is 2.30. The van der Waals surface area contributed by atoms with Crippen molar-refractivity contribution in [3.63, 3.8) is 0 Å². The summed E-state index contributed by atoms with van der Waals surface area (Å²) in [7, 11) is 0. The molecule has 4 nitrogen and oxygen atoms in total. The van der Waals surface area contributed by atoms with Crippen molar-refractivity contribution in [1.29, 1.82) is 0 Å². The maximum atomic E-state index is 10.3.